The molecule has 0 N–H and O–H groups in total. The van der Waals surface area contributed by atoms with Gasteiger partial charge in [0.25, 0.3) is 0 Å². The van der Waals surface area contributed by atoms with E-state index in [1.54, 1.807) is 36.4 Å². The molecule has 0 unspecified atom stereocenters. The van der Waals surface area contributed by atoms with E-state index in [4.69, 9.17) is 9.47 Å². The molecule has 0 amide bonds. The van der Waals surface area contributed by atoms with Gasteiger partial charge in [-0.15, -0.1) is 0 Å². The van der Waals surface area contributed by atoms with Crippen LogP contribution in [0.4, 0.5) is 0 Å². The Labute approximate surface area is 236 Å². The number of allylic oxidation sites excluding steroid dienone is 2. The van der Waals surface area contributed by atoms with Gasteiger partial charge in [0.1, 0.15) is 11.5 Å². The van der Waals surface area contributed by atoms with E-state index in [0.717, 1.165) is 24.0 Å². The zero-order valence-corrected chi connectivity index (χ0v) is 23.0. The van der Waals surface area contributed by atoms with Crippen LogP contribution in [0.5, 0.6) is 11.5 Å². The van der Waals surface area contributed by atoms with Crippen LogP contribution in [-0.4, -0.2) is 24.8 Å². The van der Waals surface area contributed by atoms with Crippen LogP contribution in [0.2, 0.25) is 0 Å². The van der Waals surface area contributed by atoms with E-state index in [2.05, 4.69) is 0 Å². The molecule has 0 aliphatic heterocycles. The van der Waals surface area contributed by atoms with Gasteiger partial charge in [-0.2, -0.15) is 0 Å². The molecule has 40 heavy (non-hydrogen) atoms. The maximum absolute atomic E-state index is 12.6. The predicted octanol–water partition coefficient (Wildman–Crippen LogP) is 8.33. The molecule has 0 saturated heterocycles. The number of carbonyl (C=O) groups excluding carboxylic acids is 2. The number of rotatable bonds is 13. The van der Waals surface area contributed by atoms with Crippen molar-refractivity contribution in [1.29, 1.82) is 0 Å². The first-order chi connectivity index (χ1) is 19.5. The molecule has 0 atom stereocenters. The van der Waals surface area contributed by atoms with Crippen molar-refractivity contribution in [3.05, 3.63) is 143 Å². The topological polar surface area (TPSA) is 52.6 Å². The van der Waals surface area contributed by atoms with E-state index >= 15 is 0 Å². The Kier molecular flexibility index (Phi) is 10.2. The minimum absolute atomic E-state index is 0.0641. The lowest BCUT2D eigenvalue weighted by Gasteiger charge is -2.09. The second-order valence-corrected chi connectivity index (χ2v) is 9.68. The maximum Gasteiger partial charge on any atom is 0.185 e. The Morgan fingerprint density at radius 2 is 0.975 bits per heavy atom. The molecule has 4 aromatic carbocycles. The summed E-state index contributed by atoms with van der Waals surface area (Å²) in [6.07, 6.45) is 8.41. The fourth-order valence-electron chi connectivity index (χ4n) is 3.95. The van der Waals surface area contributed by atoms with Crippen molar-refractivity contribution in [3.63, 3.8) is 0 Å². The van der Waals surface area contributed by atoms with E-state index in [1.165, 1.54) is 11.1 Å². The summed E-state index contributed by atoms with van der Waals surface area (Å²) in [5.74, 6) is 1.21. The second-order valence-electron chi connectivity index (χ2n) is 9.68. The Balaban J connectivity index is 1.18. The maximum atomic E-state index is 12.6. The lowest BCUT2D eigenvalue weighted by atomic mass is 10.1. The van der Waals surface area contributed by atoms with Crippen molar-refractivity contribution in [2.24, 2.45) is 0 Å². The van der Waals surface area contributed by atoms with Gasteiger partial charge in [-0.25, -0.2) is 0 Å². The molecular weight excluding hydrogens is 496 g/mol. The lowest BCUT2D eigenvalue weighted by Crippen LogP contribution is -2.04. The van der Waals surface area contributed by atoms with Crippen molar-refractivity contribution < 1.29 is 19.1 Å². The first-order valence-electron chi connectivity index (χ1n) is 13.5. The Bertz CT molecular complexity index is 1360. The summed E-state index contributed by atoms with van der Waals surface area (Å²) in [4.78, 5) is 25.2. The highest BCUT2D eigenvalue weighted by Crippen LogP contribution is 2.17. The summed E-state index contributed by atoms with van der Waals surface area (Å²) in [5, 5.41) is 0. The number of benzene rings is 4. The van der Waals surface area contributed by atoms with Crippen molar-refractivity contribution in [1.82, 2.24) is 0 Å². The van der Waals surface area contributed by atoms with Crippen molar-refractivity contribution in [3.8, 4) is 11.5 Å². The predicted molar refractivity (Wildman–Crippen MR) is 162 cm³/mol. The monoisotopic (exact) mass is 530 g/mol. The van der Waals surface area contributed by atoms with Gasteiger partial charge in [0.05, 0.1) is 13.2 Å². The van der Waals surface area contributed by atoms with Gasteiger partial charge in [-0.05, 0) is 74.2 Å². The second kappa shape index (κ2) is 14.5. The third-order valence-electron chi connectivity index (χ3n) is 6.32. The van der Waals surface area contributed by atoms with Gasteiger partial charge in [-0.3, -0.25) is 9.59 Å². The molecule has 4 nitrogen and oxygen atoms in total. The third-order valence-corrected chi connectivity index (χ3v) is 6.32. The Morgan fingerprint density at radius 1 is 0.575 bits per heavy atom. The quantitative estimate of drug-likeness (QED) is 0.0990. The number of ketones is 2. The molecule has 4 rings (SSSR count). The number of unbranched alkanes of at least 4 members (excludes halogenated alkanes) is 1. The first-order valence-corrected chi connectivity index (χ1v) is 13.5. The third kappa shape index (κ3) is 8.95. The van der Waals surface area contributed by atoms with Crippen LogP contribution in [0.3, 0.4) is 0 Å². The zero-order valence-electron chi connectivity index (χ0n) is 23.0. The van der Waals surface area contributed by atoms with Gasteiger partial charge in [0.2, 0.25) is 0 Å². The highest BCUT2D eigenvalue weighted by Gasteiger charge is 2.06. The largest absolute Gasteiger partial charge is 0.494 e. The summed E-state index contributed by atoms with van der Waals surface area (Å²) in [5.41, 5.74) is 5.52. The average Bonchev–Trinajstić information content (AvgIpc) is 2.98. The van der Waals surface area contributed by atoms with Crippen molar-refractivity contribution >= 4 is 23.7 Å². The van der Waals surface area contributed by atoms with E-state index < -0.39 is 0 Å². The molecule has 0 aliphatic rings. The number of ether oxygens (including phenoxy) is 2. The fourth-order valence-corrected chi connectivity index (χ4v) is 3.95. The SMILES string of the molecule is Cc1ccc(/C=C/C(=O)c2cccc(OCCCCOc3cccc(C(=O)/C=C/c4ccc(C)cc4)c3)c2)cc1. The standard InChI is InChI=1S/C36H34O4/c1-27-11-15-29(16-12-27)19-21-35(37)31-7-5-9-33(25-31)39-23-3-4-24-40-34-10-6-8-32(26-34)36(38)22-20-30-17-13-28(2)14-18-30/h5-22,25-26H,3-4,23-24H2,1-2H3/b21-19+,22-20+. The van der Waals surface area contributed by atoms with Crippen LogP contribution in [0.15, 0.2) is 109 Å². The summed E-state index contributed by atoms with van der Waals surface area (Å²) in [6.45, 7) is 5.10. The van der Waals surface area contributed by atoms with Crippen LogP contribution in [-0.2, 0) is 0 Å². The molecule has 0 fully saturated rings. The van der Waals surface area contributed by atoms with E-state index in [-0.39, 0.29) is 11.6 Å². The summed E-state index contributed by atoms with van der Waals surface area (Å²) >= 11 is 0. The number of hydrogen-bond donors (Lipinski definition) is 0. The molecule has 0 spiro atoms. The van der Waals surface area contributed by atoms with Gasteiger partial charge < -0.3 is 9.47 Å². The molecule has 4 heteroatoms. The number of carbonyl (C=O) groups is 2. The van der Waals surface area contributed by atoms with Crippen molar-refractivity contribution in [2.45, 2.75) is 26.7 Å². The van der Waals surface area contributed by atoms with E-state index in [9.17, 15) is 9.59 Å². The molecular formula is C36H34O4. The van der Waals surface area contributed by atoms with Gasteiger partial charge in [-0.1, -0.05) is 96.1 Å². The van der Waals surface area contributed by atoms with Crippen LogP contribution < -0.4 is 9.47 Å². The van der Waals surface area contributed by atoms with Crippen LogP contribution in [0, 0.1) is 13.8 Å². The minimum Gasteiger partial charge on any atom is -0.494 e. The molecule has 0 aliphatic carbocycles. The number of hydrogen-bond acceptors (Lipinski definition) is 4. The summed E-state index contributed by atoms with van der Waals surface area (Å²) in [6, 6.07) is 30.5. The lowest BCUT2D eigenvalue weighted by molar-refractivity contribution is 0.103. The molecule has 4 aromatic rings. The van der Waals surface area contributed by atoms with Crippen molar-refractivity contribution in [2.75, 3.05) is 13.2 Å². The van der Waals surface area contributed by atoms with Gasteiger partial charge in [0, 0.05) is 11.1 Å². The average molecular weight is 531 g/mol. The van der Waals surface area contributed by atoms with Gasteiger partial charge >= 0.3 is 0 Å². The normalized spacial score (nSPS) is 11.2. The van der Waals surface area contributed by atoms with E-state index in [0.29, 0.717) is 35.8 Å². The van der Waals surface area contributed by atoms with Crippen LogP contribution in [0.25, 0.3) is 12.2 Å². The fraction of sp³-hybridized carbons (Fsp3) is 0.167. The molecule has 0 radical (unpaired) electrons. The molecule has 0 saturated carbocycles. The molecule has 0 bridgehead atoms. The molecule has 0 heterocycles. The highest BCUT2D eigenvalue weighted by molar-refractivity contribution is 6.07. The minimum atomic E-state index is -0.0641. The van der Waals surface area contributed by atoms with Gasteiger partial charge in [0.15, 0.2) is 11.6 Å². The Hall–Kier alpha value is -4.70. The smallest absolute Gasteiger partial charge is 0.185 e. The zero-order chi connectivity index (χ0) is 28.2. The van der Waals surface area contributed by atoms with Crippen LogP contribution >= 0.6 is 0 Å². The van der Waals surface area contributed by atoms with Crippen LogP contribution in [0.1, 0.15) is 55.8 Å². The summed E-state index contributed by atoms with van der Waals surface area (Å²) < 4.78 is 11.7. The number of aryl methyl sites for hydroxylation is 2. The van der Waals surface area contributed by atoms with E-state index in [1.807, 2.05) is 98.8 Å². The molecule has 202 valence electrons. The Morgan fingerprint density at radius 3 is 1.38 bits per heavy atom. The molecule has 0 aromatic heterocycles. The highest BCUT2D eigenvalue weighted by atomic mass is 16.5. The summed E-state index contributed by atoms with van der Waals surface area (Å²) in [7, 11) is 0. The first kappa shape index (κ1) is 28.3.